The standard InChI is InChI=1S/C19H29N3OS/c1-19(2,3)16-6-5-15(24-16)13-22-10-7-14(8-11-22)17(23)18-20-9-12-21(18)4/h5-6,9,12,14,17,23H,7-8,10-11,13H2,1-4H3. The molecule has 0 aliphatic carbocycles. The van der Waals surface area contributed by atoms with E-state index in [9.17, 15) is 5.11 Å². The smallest absolute Gasteiger partial charge is 0.137 e. The van der Waals surface area contributed by atoms with Crippen molar-refractivity contribution in [3.05, 3.63) is 40.1 Å². The fourth-order valence-electron chi connectivity index (χ4n) is 3.39. The van der Waals surface area contributed by atoms with E-state index in [1.54, 1.807) is 6.20 Å². The van der Waals surface area contributed by atoms with Gasteiger partial charge in [-0.3, -0.25) is 4.90 Å². The maximum Gasteiger partial charge on any atom is 0.137 e. The van der Waals surface area contributed by atoms with E-state index >= 15 is 0 Å². The molecule has 1 aliphatic heterocycles. The minimum Gasteiger partial charge on any atom is -0.385 e. The maximum atomic E-state index is 10.6. The minimum absolute atomic E-state index is 0.238. The van der Waals surface area contributed by atoms with Gasteiger partial charge in [-0.05, 0) is 49.4 Å². The summed E-state index contributed by atoms with van der Waals surface area (Å²) in [6.45, 7) is 9.95. The first-order chi connectivity index (χ1) is 11.3. The van der Waals surface area contributed by atoms with Crippen molar-refractivity contribution in [2.24, 2.45) is 13.0 Å². The normalized spacial score (nSPS) is 18.9. The summed E-state index contributed by atoms with van der Waals surface area (Å²) in [6.07, 6.45) is 5.28. The molecule has 0 spiro atoms. The van der Waals surface area contributed by atoms with Gasteiger partial charge < -0.3 is 9.67 Å². The van der Waals surface area contributed by atoms with Crippen molar-refractivity contribution >= 4 is 11.3 Å². The van der Waals surface area contributed by atoms with Crippen molar-refractivity contribution in [3.63, 3.8) is 0 Å². The van der Waals surface area contributed by atoms with E-state index in [2.05, 4.69) is 42.8 Å². The molecule has 24 heavy (non-hydrogen) atoms. The summed E-state index contributed by atoms with van der Waals surface area (Å²) >= 11 is 1.94. The van der Waals surface area contributed by atoms with Crippen LogP contribution in [-0.2, 0) is 19.0 Å². The van der Waals surface area contributed by atoms with Gasteiger partial charge in [-0.2, -0.15) is 0 Å². The average Bonchev–Trinajstić information content (AvgIpc) is 3.16. The highest BCUT2D eigenvalue weighted by Crippen LogP contribution is 2.33. The molecule has 0 radical (unpaired) electrons. The molecule has 1 N–H and O–H groups in total. The van der Waals surface area contributed by atoms with Crippen LogP contribution in [0.4, 0.5) is 0 Å². The van der Waals surface area contributed by atoms with Gasteiger partial charge in [-0.15, -0.1) is 11.3 Å². The lowest BCUT2D eigenvalue weighted by atomic mass is 9.90. The molecule has 0 aromatic carbocycles. The lowest BCUT2D eigenvalue weighted by Crippen LogP contribution is -2.35. The van der Waals surface area contributed by atoms with Gasteiger partial charge in [-0.25, -0.2) is 4.98 Å². The quantitative estimate of drug-likeness (QED) is 0.916. The number of rotatable bonds is 4. The molecule has 132 valence electrons. The minimum atomic E-state index is -0.443. The van der Waals surface area contributed by atoms with Gasteiger partial charge in [0.2, 0.25) is 0 Å². The number of nitrogens with zero attached hydrogens (tertiary/aromatic N) is 3. The Labute approximate surface area is 149 Å². The molecule has 4 nitrogen and oxygen atoms in total. The number of aliphatic hydroxyl groups is 1. The van der Waals surface area contributed by atoms with Crippen LogP contribution in [-0.4, -0.2) is 32.6 Å². The van der Waals surface area contributed by atoms with E-state index in [0.29, 0.717) is 5.92 Å². The van der Waals surface area contributed by atoms with Gasteiger partial charge in [-0.1, -0.05) is 20.8 Å². The number of hydrogen-bond donors (Lipinski definition) is 1. The Bertz CT molecular complexity index is 662. The molecule has 0 bridgehead atoms. The highest BCUT2D eigenvalue weighted by molar-refractivity contribution is 7.12. The van der Waals surface area contributed by atoms with Crippen LogP contribution >= 0.6 is 11.3 Å². The second kappa shape index (κ2) is 6.98. The Morgan fingerprint density at radius 1 is 1.29 bits per heavy atom. The molecule has 5 heteroatoms. The van der Waals surface area contributed by atoms with E-state index in [-0.39, 0.29) is 5.41 Å². The van der Waals surface area contributed by atoms with Crippen LogP contribution in [0.25, 0.3) is 0 Å². The van der Waals surface area contributed by atoms with E-state index in [0.717, 1.165) is 38.3 Å². The number of thiophene rings is 1. The molecule has 1 unspecified atom stereocenters. The summed E-state index contributed by atoms with van der Waals surface area (Å²) < 4.78 is 1.93. The molecule has 2 aromatic rings. The third-order valence-corrected chi connectivity index (χ3v) is 6.48. The topological polar surface area (TPSA) is 41.3 Å². The van der Waals surface area contributed by atoms with Crippen LogP contribution in [0.15, 0.2) is 24.5 Å². The third-order valence-electron chi connectivity index (χ3n) is 4.98. The highest BCUT2D eigenvalue weighted by Gasteiger charge is 2.28. The van der Waals surface area contributed by atoms with Crippen molar-refractivity contribution in [2.75, 3.05) is 13.1 Å². The summed E-state index contributed by atoms with van der Waals surface area (Å²) in [6, 6.07) is 4.55. The Morgan fingerprint density at radius 3 is 2.54 bits per heavy atom. The Balaban J connectivity index is 1.54. The fourth-order valence-corrected chi connectivity index (χ4v) is 4.49. The number of aliphatic hydroxyl groups excluding tert-OH is 1. The largest absolute Gasteiger partial charge is 0.385 e. The van der Waals surface area contributed by atoms with Crippen LogP contribution in [0.2, 0.25) is 0 Å². The third kappa shape index (κ3) is 3.90. The summed E-state index contributed by atoms with van der Waals surface area (Å²) in [5.74, 6) is 1.11. The first-order valence-corrected chi connectivity index (χ1v) is 9.63. The number of imidazole rings is 1. The molecule has 1 atom stereocenters. The summed E-state index contributed by atoms with van der Waals surface area (Å²) in [7, 11) is 1.95. The molecule has 0 amide bonds. The predicted molar refractivity (Wildman–Crippen MR) is 99.2 cm³/mol. The van der Waals surface area contributed by atoms with E-state index in [1.807, 2.05) is 29.1 Å². The van der Waals surface area contributed by atoms with Gasteiger partial charge in [0.15, 0.2) is 0 Å². The number of hydrogen-bond acceptors (Lipinski definition) is 4. The molecular formula is C19H29N3OS. The van der Waals surface area contributed by atoms with Crippen molar-refractivity contribution < 1.29 is 5.11 Å². The molecule has 1 fully saturated rings. The number of piperidine rings is 1. The predicted octanol–water partition coefficient (Wildman–Crippen LogP) is 3.72. The summed E-state index contributed by atoms with van der Waals surface area (Å²) in [4.78, 5) is 9.72. The Morgan fingerprint density at radius 2 is 2.00 bits per heavy atom. The van der Waals surface area contributed by atoms with Crippen LogP contribution in [0.5, 0.6) is 0 Å². The first-order valence-electron chi connectivity index (χ1n) is 8.81. The van der Waals surface area contributed by atoms with Crippen molar-refractivity contribution in [3.8, 4) is 0 Å². The molecular weight excluding hydrogens is 318 g/mol. The number of aromatic nitrogens is 2. The van der Waals surface area contributed by atoms with Gasteiger partial charge in [0.25, 0.3) is 0 Å². The van der Waals surface area contributed by atoms with E-state index < -0.39 is 6.10 Å². The summed E-state index contributed by atoms with van der Waals surface area (Å²) in [5.41, 5.74) is 0.238. The Kier molecular flexibility index (Phi) is 5.13. The number of likely N-dealkylation sites (tertiary alicyclic amines) is 1. The molecule has 2 aromatic heterocycles. The summed E-state index contributed by atoms with van der Waals surface area (Å²) in [5, 5.41) is 10.6. The van der Waals surface area contributed by atoms with Gasteiger partial charge in [0, 0.05) is 35.7 Å². The van der Waals surface area contributed by atoms with Gasteiger partial charge in [0.05, 0.1) is 0 Å². The molecule has 3 heterocycles. The second-order valence-electron chi connectivity index (χ2n) is 7.97. The molecule has 1 saturated heterocycles. The van der Waals surface area contributed by atoms with E-state index in [1.165, 1.54) is 9.75 Å². The molecule has 3 rings (SSSR count). The monoisotopic (exact) mass is 347 g/mol. The average molecular weight is 348 g/mol. The van der Waals surface area contributed by atoms with Crippen molar-refractivity contribution in [1.82, 2.24) is 14.5 Å². The first kappa shape index (κ1) is 17.6. The van der Waals surface area contributed by atoms with Gasteiger partial charge >= 0.3 is 0 Å². The van der Waals surface area contributed by atoms with Crippen molar-refractivity contribution in [2.45, 2.75) is 51.7 Å². The highest BCUT2D eigenvalue weighted by atomic mass is 32.1. The second-order valence-corrected chi connectivity index (χ2v) is 9.14. The van der Waals surface area contributed by atoms with E-state index in [4.69, 9.17) is 0 Å². The zero-order valence-electron chi connectivity index (χ0n) is 15.2. The molecule has 1 aliphatic rings. The van der Waals surface area contributed by atoms with Crippen LogP contribution in [0.3, 0.4) is 0 Å². The van der Waals surface area contributed by atoms with Crippen LogP contribution < -0.4 is 0 Å². The Hall–Kier alpha value is -1.17. The number of aryl methyl sites for hydroxylation is 1. The fraction of sp³-hybridized carbons (Fsp3) is 0.632. The zero-order valence-corrected chi connectivity index (χ0v) is 16.0. The zero-order chi connectivity index (χ0) is 17.3. The SMILES string of the molecule is Cn1ccnc1C(O)C1CCN(Cc2ccc(C(C)(C)C)s2)CC1. The lowest BCUT2D eigenvalue weighted by molar-refractivity contribution is 0.0494. The lowest BCUT2D eigenvalue weighted by Gasteiger charge is -2.33. The van der Waals surface area contributed by atoms with Crippen LogP contribution in [0.1, 0.15) is 55.3 Å². The van der Waals surface area contributed by atoms with Crippen molar-refractivity contribution in [1.29, 1.82) is 0 Å². The van der Waals surface area contributed by atoms with Crippen LogP contribution in [0, 0.1) is 5.92 Å². The molecule has 0 saturated carbocycles. The maximum absolute atomic E-state index is 10.6. The van der Waals surface area contributed by atoms with Gasteiger partial charge in [0.1, 0.15) is 11.9 Å².